The third-order valence-corrected chi connectivity index (χ3v) is 3.17. The number of carbonyl (C=O) groups is 2. The minimum atomic E-state index is -0.669. The van der Waals surface area contributed by atoms with Crippen LogP contribution in [-0.4, -0.2) is 18.4 Å². The molecule has 1 rings (SSSR count). The Morgan fingerprint density at radius 3 is 2.72 bits per heavy atom. The zero-order valence-electron chi connectivity index (χ0n) is 10.6. The van der Waals surface area contributed by atoms with Crippen molar-refractivity contribution in [2.24, 2.45) is 5.92 Å². The van der Waals surface area contributed by atoms with Crippen LogP contribution in [0, 0.1) is 5.92 Å². The van der Waals surface area contributed by atoms with Crippen molar-refractivity contribution in [2.45, 2.75) is 26.7 Å². The van der Waals surface area contributed by atoms with E-state index in [2.05, 4.69) is 15.9 Å². The molecule has 1 aromatic carbocycles. The summed E-state index contributed by atoms with van der Waals surface area (Å²) < 4.78 is 5.82. The summed E-state index contributed by atoms with van der Waals surface area (Å²) in [6.45, 7) is 3.64. The molecule has 0 fully saturated rings. The second kappa shape index (κ2) is 7.31. The molecular formula is C14H17BrO3. The third kappa shape index (κ3) is 4.61. The molecule has 4 heteroatoms. The predicted octanol–water partition coefficient (Wildman–Crippen LogP) is 3.15. The smallest absolute Gasteiger partial charge is 0.316 e. The number of halogens is 1. The van der Waals surface area contributed by atoms with Gasteiger partial charge in [0.1, 0.15) is 11.7 Å². The van der Waals surface area contributed by atoms with E-state index in [0.717, 1.165) is 10.0 Å². The van der Waals surface area contributed by atoms with Gasteiger partial charge in [0.2, 0.25) is 0 Å². The molecule has 0 aliphatic heterocycles. The fourth-order valence-electron chi connectivity index (χ4n) is 1.58. The number of rotatable bonds is 6. The monoisotopic (exact) mass is 312 g/mol. The van der Waals surface area contributed by atoms with Gasteiger partial charge in [0.05, 0.1) is 6.61 Å². The van der Waals surface area contributed by atoms with E-state index in [9.17, 15) is 9.59 Å². The molecule has 18 heavy (non-hydrogen) atoms. The summed E-state index contributed by atoms with van der Waals surface area (Å²) in [4.78, 5) is 23.2. The van der Waals surface area contributed by atoms with Crippen LogP contribution in [0.4, 0.5) is 0 Å². The number of aryl methyl sites for hydroxylation is 1. The molecule has 0 N–H and O–H groups in total. The summed E-state index contributed by atoms with van der Waals surface area (Å²) in [7, 11) is 0. The van der Waals surface area contributed by atoms with Gasteiger partial charge in [-0.3, -0.25) is 9.59 Å². The SMILES string of the molecule is CCOC(=O)[C@@H](C)C(=O)CCc1cccc(Br)c1. The fourth-order valence-corrected chi connectivity index (χ4v) is 2.02. The van der Waals surface area contributed by atoms with Crippen molar-refractivity contribution in [1.82, 2.24) is 0 Å². The van der Waals surface area contributed by atoms with Crippen LogP contribution < -0.4 is 0 Å². The highest BCUT2D eigenvalue weighted by atomic mass is 79.9. The van der Waals surface area contributed by atoms with Crippen molar-refractivity contribution in [3.05, 3.63) is 34.3 Å². The summed E-state index contributed by atoms with van der Waals surface area (Å²) in [5.74, 6) is -1.18. The molecule has 0 saturated heterocycles. The van der Waals surface area contributed by atoms with Crippen molar-refractivity contribution in [1.29, 1.82) is 0 Å². The Bertz CT molecular complexity index is 429. The van der Waals surface area contributed by atoms with E-state index in [1.165, 1.54) is 0 Å². The van der Waals surface area contributed by atoms with E-state index in [1.54, 1.807) is 13.8 Å². The lowest BCUT2D eigenvalue weighted by Gasteiger charge is -2.09. The largest absolute Gasteiger partial charge is 0.465 e. The average Bonchev–Trinajstić information content (AvgIpc) is 2.35. The molecule has 0 aliphatic rings. The van der Waals surface area contributed by atoms with Crippen molar-refractivity contribution in [2.75, 3.05) is 6.61 Å². The van der Waals surface area contributed by atoms with Crippen LogP contribution >= 0.6 is 15.9 Å². The molecule has 0 aliphatic carbocycles. The highest BCUT2D eigenvalue weighted by Gasteiger charge is 2.21. The molecule has 0 amide bonds. The van der Waals surface area contributed by atoms with E-state index in [0.29, 0.717) is 19.4 Å². The van der Waals surface area contributed by atoms with Crippen molar-refractivity contribution in [3.63, 3.8) is 0 Å². The van der Waals surface area contributed by atoms with Gasteiger partial charge in [0.25, 0.3) is 0 Å². The Morgan fingerprint density at radius 2 is 2.11 bits per heavy atom. The number of benzene rings is 1. The van der Waals surface area contributed by atoms with E-state index < -0.39 is 11.9 Å². The first kappa shape index (κ1) is 14.9. The maximum atomic E-state index is 11.8. The highest BCUT2D eigenvalue weighted by Crippen LogP contribution is 2.14. The van der Waals surface area contributed by atoms with Crippen molar-refractivity contribution < 1.29 is 14.3 Å². The van der Waals surface area contributed by atoms with E-state index >= 15 is 0 Å². The number of esters is 1. The summed E-state index contributed by atoms with van der Waals surface area (Å²) in [6.07, 6.45) is 0.998. The maximum absolute atomic E-state index is 11.8. The second-order valence-corrected chi connectivity index (χ2v) is 4.99. The van der Waals surface area contributed by atoms with Gasteiger partial charge < -0.3 is 4.74 Å². The Balaban J connectivity index is 2.48. The standard InChI is InChI=1S/C14H17BrO3/c1-3-18-14(17)10(2)13(16)8-7-11-5-4-6-12(15)9-11/h4-6,9-10H,3,7-8H2,1-2H3/t10-/m0/s1. The Labute approximate surface area is 116 Å². The molecule has 1 aromatic rings. The van der Waals surface area contributed by atoms with Crippen molar-refractivity contribution in [3.8, 4) is 0 Å². The molecule has 98 valence electrons. The lowest BCUT2D eigenvalue weighted by molar-refractivity contribution is -0.150. The second-order valence-electron chi connectivity index (χ2n) is 4.07. The fraction of sp³-hybridized carbons (Fsp3) is 0.429. The van der Waals surface area contributed by atoms with Crippen molar-refractivity contribution >= 4 is 27.7 Å². The summed E-state index contributed by atoms with van der Waals surface area (Å²) >= 11 is 3.38. The lowest BCUT2D eigenvalue weighted by Crippen LogP contribution is -2.23. The van der Waals surface area contributed by atoms with Crippen LogP contribution in [0.2, 0.25) is 0 Å². The Kier molecular flexibility index (Phi) is 6.05. The Morgan fingerprint density at radius 1 is 1.39 bits per heavy atom. The minimum Gasteiger partial charge on any atom is -0.465 e. The normalized spacial score (nSPS) is 11.9. The molecule has 0 spiro atoms. The molecule has 0 heterocycles. The van der Waals surface area contributed by atoms with Crippen LogP contribution in [0.1, 0.15) is 25.8 Å². The number of Topliss-reactive ketones (excluding diaryl/α,β-unsaturated/α-hetero) is 1. The summed E-state index contributed by atoms with van der Waals surface area (Å²) in [6, 6.07) is 7.81. The van der Waals surface area contributed by atoms with Gasteiger partial charge in [-0.25, -0.2) is 0 Å². The van der Waals surface area contributed by atoms with Gasteiger partial charge in [-0.2, -0.15) is 0 Å². The van der Waals surface area contributed by atoms with Crippen LogP contribution in [-0.2, 0) is 20.7 Å². The first-order chi connectivity index (χ1) is 8.54. The van der Waals surface area contributed by atoms with E-state index in [-0.39, 0.29) is 5.78 Å². The predicted molar refractivity (Wildman–Crippen MR) is 73.3 cm³/mol. The zero-order chi connectivity index (χ0) is 13.5. The minimum absolute atomic E-state index is 0.0755. The first-order valence-corrected chi connectivity index (χ1v) is 6.77. The quantitative estimate of drug-likeness (QED) is 0.598. The number of hydrogen-bond donors (Lipinski definition) is 0. The van der Waals surface area contributed by atoms with Gasteiger partial charge in [0, 0.05) is 10.9 Å². The molecule has 1 atom stereocenters. The highest BCUT2D eigenvalue weighted by molar-refractivity contribution is 9.10. The summed E-state index contributed by atoms with van der Waals surface area (Å²) in [5.41, 5.74) is 1.08. The average molecular weight is 313 g/mol. The molecule has 3 nitrogen and oxygen atoms in total. The van der Waals surface area contributed by atoms with Gasteiger partial charge in [0.15, 0.2) is 0 Å². The molecular weight excluding hydrogens is 296 g/mol. The number of ether oxygens (including phenoxy) is 1. The summed E-state index contributed by atoms with van der Waals surface area (Å²) in [5, 5.41) is 0. The lowest BCUT2D eigenvalue weighted by atomic mass is 10.00. The number of carbonyl (C=O) groups excluding carboxylic acids is 2. The van der Waals surface area contributed by atoms with Crippen LogP contribution in [0.5, 0.6) is 0 Å². The number of ketones is 1. The van der Waals surface area contributed by atoms with Crippen LogP contribution in [0.25, 0.3) is 0 Å². The third-order valence-electron chi connectivity index (χ3n) is 2.67. The molecule has 0 aromatic heterocycles. The number of hydrogen-bond acceptors (Lipinski definition) is 3. The Hall–Kier alpha value is -1.16. The molecule has 0 saturated carbocycles. The molecule has 0 unspecified atom stereocenters. The van der Waals surface area contributed by atoms with Gasteiger partial charge in [-0.1, -0.05) is 28.1 Å². The first-order valence-electron chi connectivity index (χ1n) is 5.98. The van der Waals surface area contributed by atoms with Gasteiger partial charge in [-0.05, 0) is 38.0 Å². The zero-order valence-corrected chi connectivity index (χ0v) is 12.2. The molecule has 0 bridgehead atoms. The van der Waals surface area contributed by atoms with E-state index in [4.69, 9.17) is 4.74 Å². The topological polar surface area (TPSA) is 43.4 Å². The van der Waals surface area contributed by atoms with Gasteiger partial charge in [-0.15, -0.1) is 0 Å². The van der Waals surface area contributed by atoms with Crippen LogP contribution in [0.15, 0.2) is 28.7 Å². The van der Waals surface area contributed by atoms with Gasteiger partial charge >= 0.3 is 5.97 Å². The van der Waals surface area contributed by atoms with E-state index in [1.807, 2.05) is 24.3 Å². The maximum Gasteiger partial charge on any atom is 0.316 e. The van der Waals surface area contributed by atoms with Crippen LogP contribution in [0.3, 0.4) is 0 Å². The molecule has 0 radical (unpaired) electrons.